The lowest BCUT2D eigenvalue weighted by atomic mass is 10.2. The first-order valence-corrected chi connectivity index (χ1v) is 8.32. The molecule has 0 bridgehead atoms. The van der Waals surface area contributed by atoms with Crippen molar-refractivity contribution in [2.75, 3.05) is 32.2 Å². The highest BCUT2D eigenvalue weighted by atomic mass is 16.5. The van der Waals surface area contributed by atoms with E-state index in [1.54, 1.807) is 37.4 Å². The summed E-state index contributed by atoms with van der Waals surface area (Å²) in [5.74, 6) is 1.53. The molecule has 0 aliphatic carbocycles. The molecule has 0 atom stereocenters. The van der Waals surface area contributed by atoms with Crippen LogP contribution in [0.15, 0.2) is 48.5 Å². The molecule has 26 heavy (non-hydrogen) atoms. The van der Waals surface area contributed by atoms with Crippen molar-refractivity contribution >= 4 is 17.7 Å². The SMILES string of the molecule is C/C=C/c1ccc(OCC(=O)Nc2ccc(OCCN)cc2)c(OC)c1. The number of nitrogens with one attached hydrogen (secondary N) is 1. The minimum absolute atomic E-state index is 0.120. The number of ether oxygens (including phenoxy) is 3. The van der Waals surface area contributed by atoms with Gasteiger partial charge in [-0.1, -0.05) is 18.2 Å². The Labute approximate surface area is 153 Å². The lowest BCUT2D eigenvalue weighted by Gasteiger charge is -2.12. The molecular formula is C20H24N2O4. The molecule has 0 spiro atoms. The minimum atomic E-state index is -0.264. The number of carbonyl (C=O) groups is 1. The second-order valence-corrected chi connectivity index (χ2v) is 5.41. The normalized spacial score (nSPS) is 10.6. The molecule has 0 heterocycles. The quantitative estimate of drug-likeness (QED) is 0.721. The van der Waals surface area contributed by atoms with Gasteiger partial charge in [-0.05, 0) is 48.9 Å². The molecule has 6 nitrogen and oxygen atoms in total. The van der Waals surface area contributed by atoms with Crippen LogP contribution >= 0.6 is 0 Å². The fourth-order valence-electron chi connectivity index (χ4n) is 2.25. The average molecular weight is 356 g/mol. The van der Waals surface area contributed by atoms with Gasteiger partial charge in [0, 0.05) is 12.2 Å². The van der Waals surface area contributed by atoms with Gasteiger partial charge < -0.3 is 25.3 Å². The number of benzene rings is 2. The van der Waals surface area contributed by atoms with E-state index in [9.17, 15) is 4.79 Å². The Morgan fingerprint density at radius 2 is 1.88 bits per heavy atom. The van der Waals surface area contributed by atoms with E-state index in [1.807, 2.05) is 31.2 Å². The van der Waals surface area contributed by atoms with E-state index < -0.39 is 0 Å². The molecular weight excluding hydrogens is 332 g/mol. The number of rotatable bonds is 9. The highest BCUT2D eigenvalue weighted by molar-refractivity contribution is 5.91. The summed E-state index contributed by atoms with van der Waals surface area (Å²) in [7, 11) is 1.57. The van der Waals surface area contributed by atoms with E-state index in [4.69, 9.17) is 19.9 Å². The Bertz CT molecular complexity index is 742. The third-order valence-electron chi connectivity index (χ3n) is 3.43. The average Bonchev–Trinajstić information content (AvgIpc) is 2.66. The first-order chi connectivity index (χ1) is 12.7. The van der Waals surface area contributed by atoms with Gasteiger partial charge >= 0.3 is 0 Å². The predicted octanol–water partition coefficient (Wildman–Crippen LogP) is 3.08. The topological polar surface area (TPSA) is 82.8 Å². The molecule has 2 aromatic rings. The number of anilines is 1. The molecule has 2 rings (SSSR count). The maximum atomic E-state index is 12.1. The second-order valence-electron chi connectivity index (χ2n) is 5.41. The molecule has 0 saturated heterocycles. The van der Waals surface area contributed by atoms with Crippen LogP contribution in [0.4, 0.5) is 5.69 Å². The Balaban J connectivity index is 1.90. The molecule has 1 amide bonds. The van der Waals surface area contributed by atoms with Crippen LogP contribution in [0, 0.1) is 0 Å². The lowest BCUT2D eigenvalue weighted by molar-refractivity contribution is -0.118. The minimum Gasteiger partial charge on any atom is -0.493 e. The van der Waals surface area contributed by atoms with Gasteiger partial charge in [0.15, 0.2) is 18.1 Å². The second kappa shape index (κ2) is 10.1. The molecule has 0 aliphatic rings. The van der Waals surface area contributed by atoms with Gasteiger partial charge in [-0.3, -0.25) is 4.79 Å². The molecule has 6 heteroatoms. The molecule has 0 unspecified atom stereocenters. The zero-order valence-electron chi connectivity index (χ0n) is 15.0. The Morgan fingerprint density at radius 3 is 2.54 bits per heavy atom. The molecule has 0 saturated carbocycles. The maximum absolute atomic E-state index is 12.1. The fourth-order valence-corrected chi connectivity index (χ4v) is 2.25. The van der Waals surface area contributed by atoms with Gasteiger partial charge in [0.2, 0.25) is 0 Å². The van der Waals surface area contributed by atoms with Crippen molar-refractivity contribution in [3.8, 4) is 17.2 Å². The summed E-state index contributed by atoms with van der Waals surface area (Å²) < 4.78 is 16.3. The zero-order valence-corrected chi connectivity index (χ0v) is 15.0. The smallest absolute Gasteiger partial charge is 0.262 e. The summed E-state index contributed by atoms with van der Waals surface area (Å²) in [6.07, 6.45) is 3.90. The van der Waals surface area contributed by atoms with Gasteiger partial charge in [-0.25, -0.2) is 0 Å². The Morgan fingerprint density at radius 1 is 1.12 bits per heavy atom. The number of allylic oxidation sites excluding steroid dienone is 1. The number of hydrogen-bond donors (Lipinski definition) is 2. The van der Waals surface area contributed by atoms with Crippen LogP contribution < -0.4 is 25.3 Å². The van der Waals surface area contributed by atoms with Crippen LogP contribution in [0.1, 0.15) is 12.5 Å². The van der Waals surface area contributed by atoms with E-state index in [0.29, 0.717) is 36.1 Å². The van der Waals surface area contributed by atoms with Crippen LogP contribution in [0.25, 0.3) is 6.08 Å². The number of nitrogens with two attached hydrogens (primary N) is 1. The predicted molar refractivity (Wildman–Crippen MR) is 103 cm³/mol. The summed E-state index contributed by atoms with van der Waals surface area (Å²) >= 11 is 0. The molecule has 0 aliphatic heterocycles. The largest absolute Gasteiger partial charge is 0.493 e. The van der Waals surface area contributed by atoms with Gasteiger partial charge in [0.05, 0.1) is 7.11 Å². The van der Waals surface area contributed by atoms with E-state index >= 15 is 0 Å². The van der Waals surface area contributed by atoms with E-state index in [2.05, 4.69) is 5.32 Å². The van der Waals surface area contributed by atoms with Crippen molar-refractivity contribution in [1.29, 1.82) is 0 Å². The molecule has 0 fully saturated rings. The van der Waals surface area contributed by atoms with Crippen LogP contribution in [0.5, 0.6) is 17.2 Å². The standard InChI is InChI=1S/C20H24N2O4/c1-3-4-15-5-10-18(19(13-15)24-2)26-14-20(23)22-16-6-8-17(9-7-16)25-12-11-21/h3-10,13H,11-12,14,21H2,1-2H3,(H,22,23)/b4-3+. The van der Waals surface area contributed by atoms with Crippen molar-refractivity contribution in [2.24, 2.45) is 5.73 Å². The molecule has 138 valence electrons. The van der Waals surface area contributed by atoms with Crippen LogP contribution in [-0.4, -0.2) is 32.8 Å². The van der Waals surface area contributed by atoms with Gasteiger partial charge in [0.25, 0.3) is 5.91 Å². The Hall–Kier alpha value is -2.99. The number of methoxy groups -OCH3 is 1. The summed E-state index contributed by atoms with van der Waals surface area (Å²) in [6.45, 7) is 2.73. The Kier molecular flexibility index (Phi) is 7.51. The molecule has 3 N–H and O–H groups in total. The monoisotopic (exact) mass is 356 g/mol. The fraction of sp³-hybridized carbons (Fsp3) is 0.250. The summed E-state index contributed by atoms with van der Waals surface area (Å²) in [5, 5.41) is 2.77. The summed E-state index contributed by atoms with van der Waals surface area (Å²) in [4.78, 5) is 12.1. The van der Waals surface area contributed by atoms with Crippen molar-refractivity contribution in [2.45, 2.75) is 6.92 Å². The number of amides is 1. The number of hydrogen-bond acceptors (Lipinski definition) is 5. The highest BCUT2D eigenvalue weighted by Crippen LogP contribution is 2.28. The van der Waals surface area contributed by atoms with Crippen LogP contribution in [-0.2, 0) is 4.79 Å². The first kappa shape index (κ1) is 19.3. The van der Waals surface area contributed by atoms with Crippen LogP contribution in [0.2, 0.25) is 0 Å². The summed E-state index contributed by atoms with van der Waals surface area (Å²) in [6, 6.07) is 12.6. The van der Waals surface area contributed by atoms with Crippen molar-refractivity contribution < 1.29 is 19.0 Å². The molecule has 0 aromatic heterocycles. The zero-order chi connectivity index (χ0) is 18.8. The maximum Gasteiger partial charge on any atom is 0.262 e. The highest BCUT2D eigenvalue weighted by Gasteiger charge is 2.08. The third-order valence-corrected chi connectivity index (χ3v) is 3.43. The van der Waals surface area contributed by atoms with E-state index in [-0.39, 0.29) is 12.5 Å². The number of carbonyl (C=O) groups excluding carboxylic acids is 1. The van der Waals surface area contributed by atoms with Gasteiger partial charge in [-0.15, -0.1) is 0 Å². The third kappa shape index (κ3) is 5.82. The van der Waals surface area contributed by atoms with Crippen molar-refractivity contribution in [3.63, 3.8) is 0 Å². The molecule has 0 radical (unpaired) electrons. The van der Waals surface area contributed by atoms with Gasteiger partial charge in [0.1, 0.15) is 12.4 Å². The lowest BCUT2D eigenvalue weighted by Crippen LogP contribution is -2.20. The summed E-state index contributed by atoms with van der Waals surface area (Å²) in [5.41, 5.74) is 7.05. The first-order valence-electron chi connectivity index (χ1n) is 8.32. The van der Waals surface area contributed by atoms with Crippen molar-refractivity contribution in [3.05, 3.63) is 54.1 Å². The van der Waals surface area contributed by atoms with Crippen LogP contribution in [0.3, 0.4) is 0 Å². The van der Waals surface area contributed by atoms with E-state index in [0.717, 1.165) is 5.56 Å². The van der Waals surface area contributed by atoms with Crippen molar-refractivity contribution in [1.82, 2.24) is 0 Å². The molecule has 2 aromatic carbocycles. The van der Waals surface area contributed by atoms with E-state index in [1.165, 1.54) is 0 Å². The van der Waals surface area contributed by atoms with Gasteiger partial charge in [-0.2, -0.15) is 0 Å².